The molecule has 7 nitrogen and oxygen atoms in total. The smallest absolute Gasteiger partial charge is 0.307 e. The van der Waals surface area contributed by atoms with Crippen LogP contribution in [0.25, 0.3) is 0 Å². The molecule has 0 bridgehead atoms. The maximum atomic E-state index is 14.3. The molecule has 2 aromatic rings. The number of halogens is 1. The number of benzene rings is 1. The first-order valence-corrected chi connectivity index (χ1v) is 9.45. The van der Waals surface area contributed by atoms with E-state index in [1.165, 1.54) is 19.2 Å². The van der Waals surface area contributed by atoms with Crippen LogP contribution >= 0.6 is 0 Å². The van der Waals surface area contributed by atoms with Crippen molar-refractivity contribution < 1.29 is 28.5 Å². The largest absolute Gasteiger partial charge is 0.489 e. The molecule has 158 valence electrons. The van der Waals surface area contributed by atoms with Crippen LogP contribution in [-0.2, 0) is 14.9 Å². The third-order valence-corrected chi connectivity index (χ3v) is 4.75. The topological polar surface area (TPSA) is 90.8 Å². The summed E-state index contributed by atoms with van der Waals surface area (Å²) in [4.78, 5) is 19.9. The predicted octanol–water partition coefficient (Wildman–Crippen LogP) is 3.66. The Hall–Kier alpha value is -2.74. The third kappa shape index (κ3) is 5.00. The zero-order chi connectivity index (χ0) is 21.6. The Morgan fingerprint density at radius 1 is 1.28 bits per heavy atom. The summed E-state index contributed by atoms with van der Waals surface area (Å²) in [5.41, 5.74) is 0.423. The van der Waals surface area contributed by atoms with Gasteiger partial charge in [-0.1, -0.05) is 19.9 Å². The molecular formula is C21H27FN2O5. The summed E-state index contributed by atoms with van der Waals surface area (Å²) in [5.74, 6) is -0.999. The molecule has 1 N–H and O–H groups in total. The molecule has 1 aromatic heterocycles. The Labute approximate surface area is 169 Å². The molecule has 1 saturated carbocycles. The quantitative estimate of drug-likeness (QED) is 0.669. The maximum Gasteiger partial charge on any atom is 0.307 e. The average Bonchev–Trinajstić information content (AvgIpc) is 3.44. The van der Waals surface area contributed by atoms with Gasteiger partial charge in [0.15, 0.2) is 24.1 Å². The second kappa shape index (κ2) is 9.65. The molecule has 0 saturated heterocycles. The molecule has 3 rings (SSSR count). The SMILES string of the molecule is CC.COCOc1ccc([C@]2(COc3cnc(C)nc3C)C[C@H]2C(=O)O)cc1F. The zero-order valence-electron chi connectivity index (χ0n) is 17.4. The number of aliphatic carboxylic acids is 1. The minimum absolute atomic E-state index is 0.0481. The van der Waals surface area contributed by atoms with Crippen LogP contribution in [-0.4, -0.2) is 41.6 Å². The van der Waals surface area contributed by atoms with E-state index in [0.717, 1.165) is 0 Å². The number of aryl methyl sites for hydroxylation is 2. The number of carboxylic acids is 1. The van der Waals surface area contributed by atoms with Gasteiger partial charge in [-0.2, -0.15) is 0 Å². The van der Waals surface area contributed by atoms with Crippen molar-refractivity contribution in [2.24, 2.45) is 5.92 Å². The van der Waals surface area contributed by atoms with E-state index in [2.05, 4.69) is 9.97 Å². The number of rotatable bonds is 8. The van der Waals surface area contributed by atoms with E-state index < -0.39 is 23.1 Å². The molecule has 0 amide bonds. The Kier molecular flexibility index (Phi) is 7.50. The minimum atomic E-state index is -0.935. The maximum absolute atomic E-state index is 14.3. The molecule has 0 unspecified atom stereocenters. The highest BCUT2D eigenvalue weighted by Gasteiger charge is 2.60. The summed E-state index contributed by atoms with van der Waals surface area (Å²) in [6.07, 6.45) is 1.93. The summed E-state index contributed by atoms with van der Waals surface area (Å²) in [6, 6.07) is 4.44. The molecule has 1 aliphatic rings. The standard InChI is InChI=1S/C19H21FN2O5.C2H6/c1-11-17(8-21-12(2)22-11)26-9-19(7-14(19)18(23)24)13-4-5-16(15(20)6-13)27-10-25-3;1-2/h4-6,8,14H,7,9-10H2,1-3H3,(H,23,24);1-2H3/t14-,19+;/m0./s1. The van der Waals surface area contributed by atoms with Gasteiger partial charge in [0.25, 0.3) is 0 Å². The summed E-state index contributed by atoms with van der Waals surface area (Å²) < 4.78 is 30.1. The lowest BCUT2D eigenvalue weighted by atomic mass is 9.93. The van der Waals surface area contributed by atoms with E-state index in [-0.39, 0.29) is 19.1 Å². The van der Waals surface area contributed by atoms with Crippen LogP contribution in [0.1, 0.15) is 37.4 Å². The molecular weight excluding hydrogens is 379 g/mol. The van der Waals surface area contributed by atoms with Crippen molar-refractivity contribution in [2.45, 2.75) is 39.5 Å². The first-order valence-electron chi connectivity index (χ1n) is 9.45. The van der Waals surface area contributed by atoms with Gasteiger partial charge >= 0.3 is 5.97 Å². The minimum Gasteiger partial charge on any atom is -0.489 e. The van der Waals surface area contributed by atoms with Gasteiger partial charge < -0.3 is 19.3 Å². The number of carbonyl (C=O) groups is 1. The van der Waals surface area contributed by atoms with Crippen LogP contribution in [0.2, 0.25) is 0 Å². The number of methoxy groups -OCH3 is 1. The summed E-state index contributed by atoms with van der Waals surface area (Å²) in [5, 5.41) is 9.46. The number of carboxylic acid groups (broad SMARTS) is 1. The highest BCUT2D eigenvalue weighted by molar-refractivity contribution is 5.77. The molecule has 1 heterocycles. The van der Waals surface area contributed by atoms with Gasteiger partial charge in [0, 0.05) is 12.5 Å². The Bertz CT molecular complexity index is 861. The molecule has 1 aliphatic carbocycles. The van der Waals surface area contributed by atoms with E-state index in [1.54, 1.807) is 26.1 Å². The van der Waals surface area contributed by atoms with Gasteiger partial charge in [-0.3, -0.25) is 4.79 Å². The van der Waals surface area contributed by atoms with Crippen LogP contribution in [0.5, 0.6) is 11.5 Å². The van der Waals surface area contributed by atoms with E-state index in [0.29, 0.717) is 29.3 Å². The van der Waals surface area contributed by atoms with Crippen molar-refractivity contribution in [3.05, 3.63) is 47.3 Å². The van der Waals surface area contributed by atoms with E-state index in [1.807, 2.05) is 13.8 Å². The van der Waals surface area contributed by atoms with Crippen molar-refractivity contribution >= 4 is 5.97 Å². The van der Waals surface area contributed by atoms with Crippen molar-refractivity contribution in [2.75, 3.05) is 20.5 Å². The van der Waals surface area contributed by atoms with Gasteiger partial charge in [0.1, 0.15) is 5.82 Å². The molecule has 0 radical (unpaired) electrons. The lowest BCUT2D eigenvalue weighted by Gasteiger charge is -2.19. The number of hydrogen-bond acceptors (Lipinski definition) is 6. The summed E-state index contributed by atoms with van der Waals surface area (Å²) in [7, 11) is 1.44. The van der Waals surface area contributed by atoms with E-state index in [4.69, 9.17) is 14.2 Å². The second-order valence-corrected chi connectivity index (χ2v) is 6.60. The molecule has 29 heavy (non-hydrogen) atoms. The first-order chi connectivity index (χ1) is 13.9. The van der Waals surface area contributed by atoms with Crippen molar-refractivity contribution in [3.63, 3.8) is 0 Å². The fourth-order valence-electron chi connectivity index (χ4n) is 3.16. The monoisotopic (exact) mass is 406 g/mol. The van der Waals surface area contributed by atoms with Crippen LogP contribution in [0.3, 0.4) is 0 Å². The lowest BCUT2D eigenvalue weighted by Crippen LogP contribution is -2.24. The Morgan fingerprint density at radius 2 is 2.00 bits per heavy atom. The molecule has 1 fully saturated rings. The second-order valence-electron chi connectivity index (χ2n) is 6.60. The normalized spacial score (nSPS) is 19.7. The highest BCUT2D eigenvalue weighted by atomic mass is 19.1. The average molecular weight is 406 g/mol. The van der Waals surface area contributed by atoms with Gasteiger partial charge in [-0.25, -0.2) is 14.4 Å². The zero-order valence-corrected chi connectivity index (χ0v) is 17.4. The number of aromatic nitrogens is 2. The van der Waals surface area contributed by atoms with Crippen molar-refractivity contribution in [3.8, 4) is 11.5 Å². The third-order valence-electron chi connectivity index (χ3n) is 4.75. The Balaban J connectivity index is 0.00000145. The Morgan fingerprint density at radius 3 is 2.55 bits per heavy atom. The van der Waals surface area contributed by atoms with Crippen molar-refractivity contribution in [1.82, 2.24) is 9.97 Å². The van der Waals surface area contributed by atoms with Crippen LogP contribution in [0.4, 0.5) is 4.39 Å². The predicted molar refractivity (Wildman–Crippen MR) is 105 cm³/mol. The fourth-order valence-corrected chi connectivity index (χ4v) is 3.16. The number of hydrogen-bond donors (Lipinski definition) is 1. The molecule has 0 aliphatic heterocycles. The fraction of sp³-hybridized carbons (Fsp3) is 0.476. The summed E-state index contributed by atoms with van der Waals surface area (Å²) in [6.45, 7) is 7.58. The van der Waals surface area contributed by atoms with Crippen LogP contribution < -0.4 is 9.47 Å². The summed E-state index contributed by atoms with van der Waals surface area (Å²) >= 11 is 0. The molecule has 2 atom stereocenters. The molecule has 1 aromatic carbocycles. The molecule has 0 spiro atoms. The van der Waals surface area contributed by atoms with Gasteiger partial charge in [-0.15, -0.1) is 0 Å². The van der Waals surface area contributed by atoms with Gasteiger partial charge in [-0.05, 0) is 38.0 Å². The highest BCUT2D eigenvalue weighted by Crippen LogP contribution is 2.55. The van der Waals surface area contributed by atoms with Crippen LogP contribution in [0, 0.1) is 25.6 Å². The number of nitrogens with zero attached hydrogens (tertiary/aromatic N) is 2. The van der Waals surface area contributed by atoms with Crippen LogP contribution in [0.15, 0.2) is 24.4 Å². The van der Waals surface area contributed by atoms with Crippen molar-refractivity contribution in [1.29, 1.82) is 0 Å². The van der Waals surface area contributed by atoms with E-state index in [9.17, 15) is 14.3 Å². The van der Waals surface area contributed by atoms with Gasteiger partial charge in [0.2, 0.25) is 0 Å². The van der Waals surface area contributed by atoms with Gasteiger partial charge in [0.05, 0.1) is 24.4 Å². The number of ether oxygens (including phenoxy) is 3. The lowest BCUT2D eigenvalue weighted by molar-refractivity contribution is -0.139. The first kappa shape index (κ1) is 22.5. The van der Waals surface area contributed by atoms with E-state index >= 15 is 0 Å². The molecule has 8 heteroatoms.